The standard InChI is InChI=1S/C24H31ClFN4O9P/c1-13(2)19(31)15(4)37-21(33)14(3)29-40(35,39-16-8-6-5-7-9-16)36-12-17-20(32)24(25,26)22(38-17)30-11-10-18(27)28-23(30)34/h5-11,13-15,17,20,22,32H,12H2,1-4H3,(H,29,35)(H2,27,28,34)/t14-,15-,17+,20+,22+,24+,40-/m0/s1. The molecule has 1 aliphatic rings. The second-order valence-corrected chi connectivity index (χ2v) is 11.6. The van der Waals surface area contributed by atoms with Gasteiger partial charge in [0.15, 0.2) is 18.1 Å². The average Bonchev–Trinajstić information content (AvgIpc) is 3.10. The van der Waals surface area contributed by atoms with E-state index in [1.54, 1.807) is 32.0 Å². The Hall–Kier alpha value is -2.87. The van der Waals surface area contributed by atoms with Crippen LogP contribution in [0.1, 0.15) is 33.9 Å². The van der Waals surface area contributed by atoms with Crippen molar-refractivity contribution in [2.24, 2.45) is 5.92 Å². The maximum absolute atomic E-state index is 15.3. The van der Waals surface area contributed by atoms with Gasteiger partial charge in [-0.05, 0) is 32.0 Å². The Morgan fingerprint density at radius 2 is 1.93 bits per heavy atom. The summed E-state index contributed by atoms with van der Waals surface area (Å²) < 4.78 is 51.3. The number of nitrogens with zero attached hydrogens (tertiary/aromatic N) is 2. The molecular weight excluding hydrogens is 574 g/mol. The predicted octanol–water partition coefficient (Wildman–Crippen LogP) is 2.33. The monoisotopic (exact) mass is 604 g/mol. The Kier molecular flexibility index (Phi) is 10.1. The molecule has 2 heterocycles. The summed E-state index contributed by atoms with van der Waals surface area (Å²) in [5.41, 5.74) is 4.47. The van der Waals surface area contributed by atoms with Crippen LogP contribution in [0.5, 0.6) is 5.75 Å². The molecule has 0 unspecified atom stereocenters. The predicted molar refractivity (Wildman–Crippen MR) is 141 cm³/mol. The number of aromatic nitrogens is 2. The van der Waals surface area contributed by atoms with Crippen LogP contribution >= 0.6 is 19.3 Å². The summed E-state index contributed by atoms with van der Waals surface area (Å²) in [5.74, 6) is -1.65. The number of carbonyl (C=O) groups excluding carboxylic acids is 2. The van der Waals surface area contributed by atoms with Crippen LogP contribution in [-0.4, -0.2) is 62.5 Å². The van der Waals surface area contributed by atoms with E-state index in [1.165, 1.54) is 32.0 Å². The molecule has 0 radical (unpaired) electrons. The lowest BCUT2D eigenvalue weighted by molar-refractivity contribution is -0.156. The van der Waals surface area contributed by atoms with E-state index < -0.39 is 61.7 Å². The van der Waals surface area contributed by atoms with Crippen molar-refractivity contribution in [1.29, 1.82) is 0 Å². The van der Waals surface area contributed by atoms with E-state index in [1.807, 2.05) is 0 Å². The quantitative estimate of drug-likeness (QED) is 0.183. The number of ketones is 1. The third-order valence-corrected chi connectivity index (χ3v) is 7.88. The number of nitrogens with one attached hydrogen (secondary N) is 1. The first-order valence-electron chi connectivity index (χ1n) is 12.2. The van der Waals surface area contributed by atoms with Crippen LogP contribution < -0.4 is 21.0 Å². The van der Waals surface area contributed by atoms with Gasteiger partial charge in [-0.1, -0.05) is 43.6 Å². The van der Waals surface area contributed by atoms with Crippen LogP contribution in [0.3, 0.4) is 0 Å². The third kappa shape index (κ3) is 7.45. The first-order chi connectivity index (χ1) is 18.6. The first kappa shape index (κ1) is 31.7. The van der Waals surface area contributed by atoms with E-state index in [-0.39, 0.29) is 23.3 Å². The van der Waals surface area contributed by atoms with Gasteiger partial charge in [0.25, 0.3) is 5.13 Å². The van der Waals surface area contributed by atoms with Crippen LogP contribution in [0.25, 0.3) is 0 Å². The Morgan fingerprint density at radius 1 is 1.27 bits per heavy atom. The molecule has 0 saturated carbocycles. The maximum atomic E-state index is 15.3. The van der Waals surface area contributed by atoms with Crippen LogP contribution in [0, 0.1) is 5.92 Å². The molecule has 1 aliphatic heterocycles. The van der Waals surface area contributed by atoms with Gasteiger partial charge in [0.2, 0.25) is 0 Å². The number of aliphatic hydroxyl groups excluding tert-OH is 1. The van der Waals surface area contributed by atoms with E-state index in [4.69, 9.17) is 35.9 Å². The number of aliphatic hydroxyl groups is 1. The number of Topliss-reactive ketones (excluding diaryl/α,β-unsaturated/α-hetero) is 1. The Labute approximate surface area is 234 Å². The topological polar surface area (TPSA) is 181 Å². The molecule has 3 rings (SSSR count). The normalized spacial score (nSPS) is 25.6. The number of benzene rings is 1. The zero-order valence-corrected chi connectivity index (χ0v) is 23.8. The zero-order valence-electron chi connectivity index (χ0n) is 22.1. The molecule has 13 nitrogen and oxygen atoms in total. The summed E-state index contributed by atoms with van der Waals surface area (Å²) in [7, 11) is -4.46. The number of anilines is 1. The minimum Gasteiger partial charge on any atom is -0.453 e. The molecule has 40 heavy (non-hydrogen) atoms. The summed E-state index contributed by atoms with van der Waals surface area (Å²) in [6.45, 7) is 5.27. The van der Waals surface area contributed by atoms with Crippen molar-refractivity contribution in [2.75, 3.05) is 12.3 Å². The number of carbonyl (C=O) groups is 2. The highest BCUT2D eigenvalue weighted by Gasteiger charge is 2.58. The fraction of sp³-hybridized carbons (Fsp3) is 0.500. The molecule has 1 aromatic heterocycles. The summed E-state index contributed by atoms with van der Waals surface area (Å²) in [4.78, 5) is 40.4. The van der Waals surface area contributed by atoms with E-state index in [0.717, 1.165) is 6.20 Å². The molecule has 4 N–H and O–H groups in total. The van der Waals surface area contributed by atoms with Gasteiger partial charge in [0.05, 0.1) is 6.61 Å². The minimum absolute atomic E-state index is 0.0877. The summed E-state index contributed by atoms with van der Waals surface area (Å²) in [6.07, 6.45) is -5.41. The average molecular weight is 605 g/mol. The van der Waals surface area contributed by atoms with Crippen molar-refractivity contribution in [3.05, 3.63) is 53.1 Å². The van der Waals surface area contributed by atoms with Gasteiger partial charge >= 0.3 is 19.4 Å². The highest BCUT2D eigenvalue weighted by atomic mass is 35.5. The number of nitrogen functional groups attached to an aromatic ring is 1. The van der Waals surface area contributed by atoms with Crippen molar-refractivity contribution in [1.82, 2.24) is 14.6 Å². The van der Waals surface area contributed by atoms with Crippen LogP contribution in [0.2, 0.25) is 0 Å². The van der Waals surface area contributed by atoms with Crippen LogP contribution in [-0.2, 0) is 28.2 Å². The number of hydrogen-bond acceptors (Lipinski definition) is 11. The van der Waals surface area contributed by atoms with Gasteiger partial charge in [-0.2, -0.15) is 10.1 Å². The molecule has 220 valence electrons. The highest BCUT2D eigenvalue weighted by Crippen LogP contribution is 2.48. The minimum atomic E-state index is -4.46. The molecular formula is C24H31ClFN4O9P. The Balaban J connectivity index is 1.77. The number of esters is 1. The number of rotatable bonds is 12. The second-order valence-electron chi connectivity index (χ2n) is 9.37. The van der Waals surface area contributed by atoms with Crippen molar-refractivity contribution in [2.45, 2.75) is 63.4 Å². The number of para-hydroxylation sites is 1. The molecule has 0 bridgehead atoms. The second kappa shape index (κ2) is 12.8. The van der Waals surface area contributed by atoms with Gasteiger partial charge in [-0.3, -0.25) is 18.7 Å². The largest absolute Gasteiger partial charge is 0.459 e. The van der Waals surface area contributed by atoms with E-state index in [2.05, 4.69) is 10.1 Å². The molecule has 0 aliphatic carbocycles. The zero-order chi connectivity index (χ0) is 29.8. The molecule has 1 saturated heterocycles. The van der Waals surface area contributed by atoms with Crippen molar-refractivity contribution >= 4 is 36.9 Å². The Morgan fingerprint density at radius 3 is 2.52 bits per heavy atom. The number of nitrogens with two attached hydrogens (primary N) is 1. The molecule has 1 aromatic carbocycles. The molecule has 7 atom stereocenters. The van der Waals surface area contributed by atoms with Crippen LogP contribution in [0.15, 0.2) is 47.4 Å². The van der Waals surface area contributed by atoms with Gasteiger partial charge in [-0.15, -0.1) is 0 Å². The summed E-state index contributed by atoms with van der Waals surface area (Å²) in [5, 5.41) is 9.92. The summed E-state index contributed by atoms with van der Waals surface area (Å²) in [6, 6.07) is 7.70. The Bertz CT molecular complexity index is 1310. The molecule has 1 fully saturated rings. The molecule has 2 aromatic rings. The lowest BCUT2D eigenvalue weighted by Crippen LogP contribution is -2.41. The fourth-order valence-corrected chi connectivity index (χ4v) is 5.48. The SMILES string of the molecule is CC(C)C(=O)[C@H](C)OC(=O)[C@H](C)N[P@](=O)(OC[C@H]1O[C@@H](n2ccc(N)nc2=O)[C@@](F)(Cl)[C@@H]1O)Oc1ccccc1. The van der Waals surface area contributed by atoms with Gasteiger partial charge < -0.3 is 24.8 Å². The lowest BCUT2D eigenvalue weighted by atomic mass is 10.1. The van der Waals surface area contributed by atoms with E-state index >= 15 is 4.39 Å². The number of halogens is 2. The van der Waals surface area contributed by atoms with E-state index in [0.29, 0.717) is 4.57 Å². The van der Waals surface area contributed by atoms with E-state index in [9.17, 15) is 24.1 Å². The van der Waals surface area contributed by atoms with Crippen molar-refractivity contribution in [3.63, 3.8) is 0 Å². The highest BCUT2D eigenvalue weighted by molar-refractivity contribution is 7.52. The smallest absolute Gasteiger partial charge is 0.453 e. The molecule has 16 heteroatoms. The van der Waals surface area contributed by atoms with Gasteiger partial charge in [0.1, 0.15) is 29.8 Å². The molecule has 0 spiro atoms. The van der Waals surface area contributed by atoms with Crippen molar-refractivity contribution in [3.8, 4) is 5.75 Å². The fourth-order valence-electron chi connectivity index (χ4n) is 3.69. The lowest BCUT2D eigenvalue weighted by Gasteiger charge is -2.25. The number of hydrogen-bond donors (Lipinski definition) is 3. The third-order valence-electron chi connectivity index (χ3n) is 5.83. The van der Waals surface area contributed by atoms with Gasteiger partial charge in [-0.25, -0.2) is 13.8 Å². The first-order valence-corrected chi connectivity index (χ1v) is 14.1. The van der Waals surface area contributed by atoms with Crippen molar-refractivity contribution < 1.29 is 42.2 Å². The maximum Gasteiger partial charge on any atom is 0.459 e. The summed E-state index contributed by atoms with van der Waals surface area (Å²) >= 11 is 5.91. The number of ether oxygens (including phenoxy) is 2. The van der Waals surface area contributed by atoms with Crippen LogP contribution in [0.4, 0.5) is 10.2 Å². The molecule has 0 amide bonds. The van der Waals surface area contributed by atoms with Gasteiger partial charge in [0, 0.05) is 12.1 Å². The number of alkyl halides is 2.